The molecule has 0 atom stereocenters. The number of rotatable bonds is 4. The van der Waals surface area contributed by atoms with Crippen LogP contribution in [0, 0.1) is 13.8 Å². The van der Waals surface area contributed by atoms with Crippen molar-refractivity contribution >= 4 is 52.4 Å². The largest absolute Gasteiger partial charge is 0.330 e. The molecule has 0 saturated heterocycles. The van der Waals surface area contributed by atoms with Gasteiger partial charge in [-0.1, -0.05) is 23.2 Å². The van der Waals surface area contributed by atoms with Gasteiger partial charge in [0.15, 0.2) is 5.11 Å². The molecular weight excluding hydrogens is 353 g/mol. The highest BCUT2D eigenvalue weighted by Crippen LogP contribution is 2.25. The summed E-state index contributed by atoms with van der Waals surface area (Å²) in [6.45, 7) is 6.83. The van der Waals surface area contributed by atoms with Crippen molar-refractivity contribution < 1.29 is 0 Å². The van der Waals surface area contributed by atoms with Crippen molar-refractivity contribution in [3.05, 3.63) is 45.2 Å². The molecule has 0 unspecified atom stereocenters. The molecule has 1 heterocycles. The summed E-state index contributed by atoms with van der Waals surface area (Å²) < 4.78 is 1.93. The predicted molar refractivity (Wildman–Crippen MR) is 101 cm³/mol. The lowest BCUT2D eigenvalue weighted by atomic mass is 10.2. The monoisotopic (exact) mass is 369 g/mol. The zero-order valence-corrected chi connectivity index (χ0v) is 15.4. The number of benzene rings is 1. The Labute approximate surface area is 150 Å². The molecule has 23 heavy (non-hydrogen) atoms. The van der Waals surface area contributed by atoms with Crippen molar-refractivity contribution in [1.29, 1.82) is 0 Å². The summed E-state index contributed by atoms with van der Waals surface area (Å²) >= 11 is 17.1. The highest BCUT2D eigenvalue weighted by molar-refractivity contribution is 7.80. The first-order chi connectivity index (χ1) is 10.9. The molecule has 0 radical (unpaired) electrons. The molecule has 0 aliphatic rings. The number of aromatic nitrogens is 2. The first-order valence-electron chi connectivity index (χ1n) is 7.01. The number of hydrogen-bond acceptors (Lipinski definition) is 3. The second kappa shape index (κ2) is 7.77. The van der Waals surface area contributed by atoms with E-state index in [2.05, 4.69) is 20.9 Å². The molecule has 5 nitrogen and oxygen atoms in total. The van der Waals surface area contributed by atoms with Gasteiger partial charge in [0.25, 0.3) is 0 Å². The third-order valence-corrected chi connectivity index (χ3v) is 4.02. The van der Waals surface area contributed by atoms with E-state index in [1.54, 1.807) is 24.4 Å². The van der Waals surface area contributed by atoms with Crippen molar-refractivity contribution in [3.8, 4) is 0 Å². The van der Waals surface area contributed by atoms with Crippen molar-refractivity contribution in [2.24, 2.45) is 5.10 Å². The summed E-state index contributed by atoms with van der Waals surface area (Å²) in [7, 11) is 0. The second-order valence-electron chi connectivity index (χ2n) is 4.85. The minimum Gasteiger partial charge on any atom is -0.330 e. The lowest BCUT2D eigenvalue weighted by molar-refractivity contribution is 0.634. The maximum atomic E-state index is 6.08. The maximum Gasteiger partial charge on any atom is 0.191 e. The topological polar surface area (TPSA) is 54.2 Å². The Kier molecular flexibility index (Phi) is 5.98. The van der Waals surface area contributed by atoms with Crippen LogP contribution in [-0.4, -0.2) is 21.1 Å². The van der Waals surface area contributed by atoms with Gasteiger partial charge in [-0.3, -0.25) is 10.1 Å². The van der Waals surface area contributed by atoms with Gasteiger partial charge in [-0.15, -0.1) is 0 Å². The molecule has 122 valence electrons. The van der Waals surface area contributed by atoms with Crippen molar-refractivity contribution in [3.63, 3.8) is 0 Å². The fraction of sp³-hybridized carbons (Fsp3) is 0.267. The van der Waals surface area contributed by atoms with Gasteiger partial charge in [-0.2, -0.15) is 10.2 Å². The maximum absolute atomic E-state index is 6.08. The minimum atomic E-state index is 0.337. The van der Waals surface area contributed by atoms with Gasteiger partial charge in [-0.25, -0.2) is 0 Å². The SMILES string of the molecule is CCn1nc(C)c(C=NNC(=S)Nc2ccc(Cl)cc2Cl)c1C. The van der Waals surface area contributed by atoms with Gasteiger partial charge in [0, 0.05) is 22.8 Å². The number of halogens is 2. The molecule has 1 aromatic heterocycles. The van der Waals surface area contributed by atoms with Crippen LogP contribution in [-0.2, 0) is 6.54 Å². The Morgan fingerprint density at radius 1 is 1.39 bits per heavy atom. The van der Waals surface area contributed by atoms with E-state index in [1.807, 2.05) is 25.5 Å². The lowest BCUT2D eigenvalue weighted by Gasteiger charge is -2.08. The molecule has 0 amide bonds. The van der Waals surface area contributed by atoms with Crippen molar-refractivity contribution in [1.82, 2.24) is 15.2 Å². The van der Waals surface area contributed by atoms with Crippen LogP contribution in [0.4, 0.5) is 5.69 Å². The van der Waals surface area contributed by atoms with Crippen LogP contribution in [0.2, 0.25) is 10.0 Å². The summed E-state index contributed by atoms with van der Waals surface area (Å²) in [5, 5.41) is 12.9. The van der Waals surface area contributed by atoms with E-state index < -0.39 is 0 Å². The summed E-state index contributed by atoms with van der Waals surface area (Å²) in [6.07, 6.45) is 1.71. The van der Waals surface area contributed by atoms with E-state index in [9.17, 15) is 0 Å². The van der Waals surface area contributed by atoms with Crippen LogP contribution >= 0.6 is 35.4 Å². The normalized spacial score (nSPS) is 11.0. The molecule has 1 aromatic carbocycles. The first-order valence-corrected chi connectivity index (χ1v) is 8.18. The highest BCUT2D eigenvalue weighted by Gasteiger charge is 2.08. The van der Waals surface area contributed by atoms with E-state index in [0.29, 0.717) is 20.8 Å². The van der Waals surface area contributed by atoms with Gasteiger partial charge >= 0.3 is 0 Å². The minimum absolute atomic E-state index is 0.337. The van der Waals surface area contributed by atoms with E-state index >= 15 is 0 Å². The van der Waals surface area contributed by atoms with Gasteiger partial charge in [0.05, 0.1) is 22.6 Å². The summed E-state index contributed by atoms with van der Waals surface area (Å²) in [5.74, 6) is 0. The lowest BCUT2D eigenvalue weighted by Crippen LogP contribution is -2.24. The third-order valence-electron chi connectivity index (χ3n) is 3.28. The average molecular weight is 370 g/mol. The number of nitrogens with one attached hydrogen (secondary N) is 2. The van der Waals surface area contributed by atoms with Gasteiger partial charge in [0.1, 0.15) is 0 Å². The van der Waals surface area contributed by atoms with Crippen LogP contribution in [0.5, 0.6) is 0 Å². The number of thiocarbonyl (C=S) groups is 1. The molecular formula is C15H17Cl2N5S. The van der Waals surface area contributed by atoms with E-state index in [1.165, 1.54) is 0 Å². The Bertz CT molecular complexity index is 755. The van der Waals surface area contributed by atoms with Crippen LogP contribution in [0.1, 0.15) is 23.9 Å². The number of anilines is 1. The number of aryl methyl sites for hydroxylation is 2. The molecule has 8 heteroatoms. The number of hydrogen-bond donors (Lipinski definition) is 2. The van der Waals surface area contributed by atoms with Gasteiger partial charge in [0.2, 0.25) is 0 Å². The van der Waals surface area contributed by atoms with Crippen molar-refractivity contribution in [2.75, 3.05) is 5.32 Å². The predicted octanol–water partition coefficient (Wildman–Crippen LogP) is 4.15. The fourth-order valence-corrected chi connectivity index (χ4v) is 2.72. The third kappa shape index (κ3) is 4.43. The van der Waals surface area contributed by atoms with Gasteiger partial charge in [-0.05, 0) is 51.2 Å². The molecule has 2 rings (SSSR count). The molecule has 2 N–H and O–H groups in total. The Hall–Kier alpha value is -1.63. The van der Waals surface area contributed by atoms with E-state index in [0.717, 1.165) is 23.5 Å². The van der Waals surface area contributed by atoms with Crippen LogP contribution < -0.4 is 10.7 Å². The average Bonchev–Trinajstić information content (AvgIpc) is 2.77. The second-order valence-corrected chi connectivity index (χ2v) is 6.10. The standard InChI is InChI=1S/C15H17Cl2N5S/c1-4-22-10(3)12(9(2)21-22)8-18-20-15(23)19-14-6-5-11(16)7-13(14)17/h5-8H,4H2,1-3H3,(H2,19,20,23). The summed E-state index contributed by atoms with van der Waals surface area (Å²) in [6, 6.07) is 5.12. The highest BCUT2D eigenvalue weighted by atomic mass is 35.5. The molecule has 0 bridgehead atoms. The fourth-order valence-electron chi connectivity index (χ4n) is 2.10. The number of nitrogens with zero attached hydrogens (tertiary/aromatic N) is 3. The van der Waals surface area contributed by atoms with E-state index in [-0.39, 0.29) is 0 Å². The zero-order valence-electron chi connectivity index (χ0n) is 13.0. The Morgan fingerprint density at radius 2 is 2.13 bits per heavy atom. The van der Waals surface area contributed by atoms with Gasteiger partial charge < -0.3 is 5.32 Å². The zero-order chi connectivity index (χ0) is 17.0. The quantitative estimate of drug-likeness (QED) is 0.482. The molecule has 0 fully saturated rings. The van der Waals surface area contributed by atoms with Crippen LogP contribution in [0.3, 0.4) is 0 Å². The van der Waals surface area contributed by atoms with Crippen LogP contribution in [0.25, 0.3) is 0 Å². The number of hydrazone groups is 1. The molecule has 0 spiro atoms. The van der Waals surface area contributed by atoms with Crippen LogP contribution in [0.15, 0.2) is 23.3 Å². The molecule has 0 aliphatic heterocycles. The molecule has 0 saturated carbocycles. The van der Waals surface area contributed by atoms with Crippen molar-refractivity contribution in [2.45, 2.75) is 27.3 Å². The smallest absolute Gasteiger partial charge is 0.191 e. The summed E-state index contributed by atoms with van der Waals surface area (Å²) in [5.41, 5.74) is 6.40. The summed E-state index contributed by atoms with van der Waals surface area (Å²) in [4.78, 5) is 0. The molecule has 0 aliphatic carbocycles. The van der Waals surface area contributed by atoms with E-state index in [4.69, 9.17) is 35.4 Å². The first kappa shape index (κ1) is 17.7. The Morgan fingerprint density at radius 3 is 2.74 bits per heavy atom. The molecule has 2 aromatic rings. The Balaban J connectivity index is 2.00.